The minimum atomic E-state index is -1.04. The number of benzene rings is 1. The van der Waals surface area contributed by atoms with E-state index in [4.69, 9.17) is 9.15 Å². The summed E-state index contributed by atoms with van der Waals surface area (Å²) in [6.45, 7) is 0.789. The number of aliphatic carboxylic acids is 1. The minimum Gasteiger partial charge on any atom is -0.481 e. The Morgan fingerprint density at radius 2 is 2.12 bits per heavy atom. The number of nitrogens with zero attached hydrogens (tertiary/aromatic N) is 2. The number of methoxy groups -OCH3 is 1. The number of carbonyl (C=O) groups excluding carboxylic acids is 1. The molecule has 1 unspecified atom stereocenters. The number of hydrogen-bond acceptors (Lipinski definition) is 5. The van der Waals surface area contributed by atoms with Crippen LogP contribution in [-0.2, 0) is 9.53 Å². The summed E-state index contributed by atoms with van der Waals surface area (Å²) < 4.78 is 10.3. The zero-order valence-corrected chi connectivity index (χ0v) is 14.0. The molecular weight excluding hydrogens is 324 g/mol. The summed E-state index contributed by atoms with van der Waals surface area (Å²) >= 11 is 0. The van der Waals surface area contributed by atoms with Crippen molar-refractivity contribution in [2.24, 2.45) is 5.41 Å². The Balaban J connectivity index is 1.77. The quantitative estimate of drug-likeness (QED) is 0.894. The molecule has 7 nitrogen and oxygen atoms in total. The van der Waals surface area contributed by atoms with E-state index in [9.17, 15) is 14.7 Å². The fraction of sp³-hybridized carbons (Fsp3) is 0.389. The molecule has 1 aromatic carbocycles. The van der Waals surface area contributed by atoms with E-state index in [0.717, 1.165) is 5.56 Å². The van der Waals surface area contributed by atoms with E-state index in [-0.39, 0.29) is 19.1 Å². The van der Waals surface area contributed by atoms with E-state index < -0.39 is 11.4 Å². The Kier molecular flexibility index (Phi) is 4.85. The molecular formula is C18H20N2O5. The summed E-state index contributed by atoms with van der Waals surface area (Å²) in [4.78, 5) is 29.9. The van der Waals surface area contributed by atoms with E-state index in [2.05, 4.69) is 4.98 Å². The maximum atomic E-state index is 12.8. The van der Waals surface area contributed by atoms with Crippen LogP contribution in [0, 0.1) is 5.41 Å². The summed E-state index contributed by atoms with van der Waals surface area (Å²) in [6.07, 6.45) is 4.10. The first-order valence-corrected chi connectivity index (χ1v) is 8.06. The highest BCUT2D eigenvalue weighted by Gasteiger charge is 2.43. The van der Waals surface area contributed by atoms with E-state index in [1.54, 1.807) is 35.4 Å². The third kappa shape index (κ3) is 3.41. The Labute approximate surface area is 145 Å². The molecule has 0 spiro atoms. The van der Waals surface area contributed by atoms with Gasteiger partial charge in [0, 0.05) is 31.3 Å². The van der Waals surface area contributed by atoms with E-state index in [1.807, 2.05) is 0 Å². The minimum absolute atomic E-state index is 0.0938. The monoisotopic (exact) mass is 344 g/mol. The first-order chi connectivity index (χ1) is 12.1. The molecule has 25 heavy (non-hydrogen) atoms. The van der Waals surface area contributed by atoms with Crippen molar-refractivity contribution in [2.45, 2.75) is 12.8 Å². The van der Waals surface area contributed by atoms with Gasteiger partial charge in [0.2, 0.25) is 0 Å². The van der Waals surface area contributed by atoms with Crippen molar-refractivity contribution < 1.29 is 23.8 Å². The van der Waals surface area contributed by atoms with Crippen LogP contribution in [-0.4, -0.2) is 53.7 Å². The second kappa shape index (κ2) is 7.06. The Hall–Kier alpha value is -2.67. The van der Waals surface area contributed by atoms with Gasteiger partial charge in [0.05, 0.1) is 12.8 Å². The van der Waals surface area contributed by atoms with Gasteiger partial charge in [-0.2, -0.15) is 0 Å². The van der Waals surface area contributed by atoms with Gasteiger partial charge in [-0.15, -0.1) is 0 Å². The lowest BCUT2D eigenvalue weighted by Crippen LogP contribution is -2.52. The van der Waals surface area contributed by atoms with Crippen molar-refractivity contribution in [3.63, 3.8) is 0 Å². The van der Waals surface area contributed by atoms with Crippen LogP contribution in [0.4, 0.5) is 0 Å². The molecule has 132 valence electrons. The first kappa shape index (κ1) is 17.2. The number of carbonyl (C=O) groups is 2. The summed E-state index contributed by atoms with van der Waals surface area (Å²) in [5.74, 6) is -0.472. The third-order valence-electron chi connectivity index (χ3n) is 4.59. The van der Waals surface area contributed by atoms with Crippen molar-refractivity contribution >= 4 is 11.9 Å². The Morgan fingerprint density at radius 3 is 2.72 bits per heavy atom. The zero-order valence-electron chi connectivity index (χ0n) is 14.0. The van der Waals surface area contributed by atoms with Gasteiger partial charge in [0.15, 0.2) is 12.2 Å². The van der Waals surface area contributed by atoms with Gasteiger partial charge in [0.25, 0.3) is 5.91 Å². The second-order valence-corrected chi connectivity index (χ2v) is 6.29. The highest BCUT2D eigenvalue weighted by atomic mass is 16.5. The van der Waals surface area contributed by atoms with Crippen LogP contribution in [0.5, 0.6) is 0 Å². The predicted octanol–water partition coefficient (Wildman–Crippen LogP) is 2.30. The first-order valence-electron chi connectivity index (χ1n) is 8.06. The lowest BCUT2D eigenvalue weighted by molar-refractivity contribution is -0.155. The van der Waals surface area contributed by atoms with Gasteiger partial charge >= 0.3 is 5.97 Å². The van der Waals surface area contributed by atoms with Crippen LogP contribution < -0.4 is 0 Å². The summed E-state index contributed by atoms with van der Waals surface area (Å²) in [7, 11) is 1.48. The van der Waals surface area contributed by atoms with Gasteiger partial charge in [-0.1, -0.05) is 12.1 Å². The van der Waals surface area contributed by atoms with Crippen LogP contribution in [0.2, 0.25) is 0 Å². The van der Waals surface area contributed by atoms with Gasteiger partial charge in [-0.25, -0.2) is 4.98 Å². The molecule has 1 amide bonds. The molecule has 1 aromatic heterocycles. The van der Waals surface area contributed by atoms with Gasteiger partial charge < -0.3 is 19.2 Å². The lowest BCUT2D eigenvalue weighted by Gasteiger charge is -2.39. The molecule has 1 N–H and O–H groups in total. The number of oxazole rings is 1. The summed E-state index contributed by atoms with van der Waals surface area (Å²) in [5.41, 5.74) is 0.302. The number of carboxylic acid groups (broad SMARTS) is 1. The molecule has 0 aliphatic carbocycles. The lowest BCUT2D eigenvalue weighted by atomic mass is 9.80. The number of rotatable bonds is 5. The number of likely N-dealkylation sites (tertiary alicyclic amines) is 1. The highest BCUT2D eigenvalue weighted by molar-refractivity contribution is 5.95. The number of carboxylic acids is 1. The molecule has 1 atom stereocenters. The van der Waals surface area contributed by atoms with E-state index in [1.165, 1.54) is 13.5 Å². The van der Waals surface area contributed by atoms with Crippen LogP contribution in [0.1, 0.15) is 23.2 Å². The molecule has 2 heterocycles. The normalized spacial score (nSPS) is 20.4. The largest absolute Gasteiger partial charge is 0.481 e. The van der Waals surface area contributed by atoms with E-state index in [0.29, 0.717) is 30.7 Å². The Bertz CT molecular complexity index is 737. The Morgan fingerprint density at radius 1 is 1.36 bits per heavy atom. The fourth-order valence-corrected chi connectivity index (χ4v) is 3.25. The van der Waals surface area contributed by atoms with Crippen LogP contribution >= 0.6 is 0 Å². The van der Waals surface area contributed by atoms with Crippen LogP contribution in [0.25, 0.3) is 11.3 Å². The molecule has 1 aliphatic rings. The molecule has 0 saturated carbocycles. The number of hydrogen-bond donors (Lipinski definition) is 1. The standard InChI is InChI=1S/C18H20N2O5/c1-24-11-18(17(22)23)7-2-8-20(10-18)16(21)14-5-3-13(4-6-14)15-9-19-12-25-15/h3-6,9,12H,2,7-8,10-11H2,1H3,(H,22,23). The molecule has 0 bridgehead atoms. The topological polar surface area (TPSA) is 92.9 Å². The molecule has 0 radical (unpaired) electrons. The fourth-order valence-electron chi connectivity index (χ4n) is 3.25. The van der Waals surface area contributed by atoms with Crippen molar-refractivity contribution in [2.75, 3.05) is 26.8 Å². The number of aromatic nitrogens is 1. The molecule has 3 rings (SSSR count). The molecule has 1 saturated heterocycles. The maximum absolute atomic E-state index is 12.8. The zero-order chi connectivity index (χ0) is 17.9. The van der Waals surface area contributed by atoms with Gasteiger partial charge in [-0.3, -0.25) is 9.59 Å². The van der Waals surface area contributed by atoms with Gasteiger partial charge in [0.1, 0.15) is 5.41 Å². The number of amides is 1. The highest BCUT2D eigenvalue weighted by Crippen LogP contribution is 2.31. The molecule has 2 aromatic rings. The SMILES string of the molecule is COCC1(C(=O)O)CCCN(C(=O)c2ccc(-c3cnco3)cc2)C1. The van der Waals surface area contributed by atoms with Crippen molar-refractivity contribution in [3.05, 3.63) is 42.4 Å². The average molecular weight is 344 g/mol. The maximum Gasteiger partial charge on any atom is 0.313 e. The number of piperidine rings is 1. The summed E-state index contributed by atoms with van der Waals surface area (Å²) in [6, 6.07) is 7.01. The van der Waals surface area contributed by atoms with Crippen molar-refractivity contribution in [3.8, 4) is 11.3 Å². The van der Waals surface area contributed by atoms with Crippen LogP contribution in [0.3, 0.4) is 0 Å². The molecule has 1 fully saturated rings. The average Bonchev–Trinajstić information content (AvgIpc) is 3.16. The predicted molar refractivity (Wildman–Crippen MR) is 89.0 cm³/mol. The third-order valence-corrected chi connectivity index (χ3v) is 4.59. The van der Waals surface area contributed by atoms with Crippen LogP contribution in [0.15, 0.2) is 41.3 Å². The number of ether oxygens (including phenoxy) is 1. The summed E-state index contributed by atoms with van der Waals surface area (Å²) in [5, 5.41) is 9.60. The molecule has 1 aliphatic heterocycles. The van der Waals surface area contributed by atoms with Crippen molar-refractivity contribution in [1.29, 1.82) is 0 Å². The molecule has 7 heteroatoms. The van der Waals surface area contributed by atoms with Gasteiger partial charge in [-0.05, 0) is 25.0 Å². The second-order valence-electron chi connectivity index (χ2n) is 6.29. The van der Waals surface area contributed by atoms with Crippen molar-refractivity contribution in [1.82, 2.24) is 9.88 Å². The van der Waals surface area contributed by atoms with E-state index >= 15 is 0 Å². The smallest absolute Gasteiger partial charge is 0.313 e.